The zero-order valence-corrected chi connectivity index (χ0v) is 13.9. The first-order valence-corrected chi connectivity index (χ1v) is 8.27. The Kier molecular flexibility index (Phi) is 4.20. The topological polar surface area (TPSA) is 134 Å². The zero-order chi connectivity index (χ0) is 19.3. The van der Waals surface area contributed by atoms with E-state index >= 15 is 0 Å². The van der Waals surface area contributed by atoms with Crippen molar-refractivity contribution in [1.29, 1.82) is 0 Å². The standard InChI is InChI=1S/C19H16O8/c20-7-12-16(24)17(25)19(26-12)27-18-11(21)6-5-10-13(18)15(23)9-4-2-1-3-8(9)14(10)22/h1-6,12,16-17,19-21,24-25H,7H2/t12-,16-,17-,19?/m1/s1. The maximum absolute atomic E-state index is 12.9. The molecule has 0 aromatic heterocycles. The van der Waals surface area contributed by atoms with Crippen molar-refractivity contribution in [3.8, 4) is 11.5 Å². The smallest absolute Gasteiger partial charge is 0.229 e. The Morgan fingerprint density at radius 2 is 1.59 bits per heavy atom. The van der Waals surface area contributed by atoms with Crippen LogP contribution in [-0.2, 0) is 4.74 Å². The number of hydrogen-bond donors (Lipinski definition) is 4. The van der Waals surface area contributed by atoms with E-state index in [4.69, 9.17) is 9.47 Å². The highest BCUT2D eigenvalue weighted by atomic mass is 16.7. The summed E-state index contributed by atoms with van der Waals surface area (Å²) < 4.78 is 10.7. The van der Waals surface area contributed by atoms with E-state index in [9.17, 15) is 30.0 Å². The van der Waals surface area contributed by atoms with Crippen LogP contribution < -0.4 is 4.74 Å². The number of aliphatic hydroxyl groups is 3. The van der Waals surface area contributed by atoms with Crippen molar-refractivity contribution < 1.29 is 39.5 Å². The number of rotatable bonds is 3. The molecular formula is C19H16O8. The SMILES string of the molecule is O=C1c2ccccc2C(=O)c2c1ccc(O)c2OC1O[C@H](CO)[C@@H](O)[C@H]1O. The fraction of sp³-hybridized carbons (Fsp3) is 0.263. The minimum Gasteiger partial charge on any atom is -0.504 e. The number of carbonyl (C=O) groups is 2. The molecule has 0 bridgehead atoms. The second-order valence-corrected chi connectivity index (χ2v) is 6.36. The summed E-state index contributed by atoms with van der Waals surface area (Å²) in [5, 5.41) is 39.3. The van der Waals surface area contributed by atoms with Gasteiger partial charge in [0.25, 0.3) is 0 Å². The molecule has 0 saturated carbocycles. The molecule has 1 aliphatic heterocycles. The number of aliphatic hydroxyl groups excluding tert-OH is 3. The van der Waals surface area contributed by atoms with Gasteiger partial charge in [0.15, 0.2) is 23.1 Å². The molecule has 4 atom stereocenters. The fourth-order valence-electron chi connectivity index (χ4n) is 3.34. The molecule has 2 aromatic carbocycles. The maximum Gasteiger partial charge on any atom is 0.229 e. The summed E-state index contributed by atoms with van der Waals surface area (Å²) in [4.78, 5) is 25.7. The summed E-state index contributed by atoms with van der Waals surface area (Å²) in [5.74, 6) is -1.66. The Labute approximate surface area is 153 Å². The van der Waals surface area contributed by atoms with Gasteiger partial charge < -0.3 is 29.9 Å². The Bertz CT molecular complexity index is 937. The molecule has 2 aliphatic rings. The monoisotopic (exact) mass is 372 g/mol. The van der Waals surface area contributed by atoms with Crippen LogP contribution in [0.3, 0.4) is 0 Å². The minimum absolute atomic E-state index is 0.0539. The van der Waals surface area contributed by atoms with Crippen LogP contribution in [0.2, 0.25) is 0 Å². The first kappa shape index (κ1) is 17.6. The van der Waals surface area contributed by atoms with Crippen molar-refractivity contribution in [2.75, 3.05) is 6.61 Å². The van der Waals surface area contributed by atoms with Gasteiger partial charge in [0.1, 0.15) is 18.3 Å². The van der Waals surface area contributed by atoms with E-state index in [1.807, 2.05) is 0 Å². The number of phenols is 1. The van der Waals surface area contributed by atoms with Gasteiger partial charge in [-0.3, -0.25) is 9.59 Å². The van der Waals surface area contributed by atoms with Crippen molar-refractivity contribution in [2.45, 2.75) is 24.6 Å². The van der Waals surface area contributed by atoms with Gasteiger partial charge in [-0.1, -0.05) is 24.3 Å². The number of carbonyl (C=O) groups excluding carboxylic acids is 2. The number of fused-ring (bicyclic) bond motifs is 2. The Morgan fingerprint density at radius 3 is 2.22 bits per heavy atom. The first-order chi connectivity index (χ1) is 12.9. The number of hydrogen-bond acceptors (Lipinski definition) is 8. The van der Waals surface area contributed by atoms with Crippen molar-refractivity contribution in [2.24, 2.45) is 0 Å². The lowest BCUT2D eigenvalue weighted by atomic mass is 9.83. The average Bonchev–Trinajstić information content (AvgIpc) is 2.95. The average molecular weight is 372 g/mol. The van der Waals surface area contributed by atoms with Gasteiger partial charge in [0, 0.05) is 16.7 Å². The Hall–Kier alpha value is -2.78. The van der Waals surface area contributed by atoms with Gasteiger partial charge in [-0.2, -0.15) is 0 Å². The lowest BCUT2D eigenvalue weighted by Gasteiger charge is -2.23. The molecule has 4 N–H and O–H groups in total. The van der Waals surface area contributed by atoms with Crippen molar-refractivity contribution in [1.82, 2.24) is 0 Å². The van der Waals surface area contributed by atoms with E-state index in [2.05, 4.69) is 0 Å². The molecule has 27 heavy (non-hydrogen) atoms. The molecule has 0 radical (unpaired) electrons. The normalized spacial score (nSPS) is 26.6. The van der Waals surface area contributed by atoms with E-state index in [1.54, 1.807) is 12.1 Å². The molecule has 0 amide bonds. The third-order valence-corrected chi connectivity index (χ3v) is 4.76. The van der Waals surface area contributed by atoms with Crippen molar-refractivity contribution >= 4 is 11.6 Å². The van der Waals surface area contributed by atoms with Crippen LogP contribution in [0.25, 0.3) is 0 Å². The molecular weight excluding hydrogens is 356 g/mol. The van der Waals surface area contributed by atoms with E-state index in [-0.39, 0.29) is 28.0 Å². The molecule has 8 nitrogen and oxygen atoms in total. The van der Waals surface area contributed by atoms with Crippen molar-refractivity contribution in [3.05, 3.63) is 58.7 Å². The van der Waals surface area contributed by atoms with E-state index in [0.29, 0.717) is 0 Å². The molecule has 4 rings (SSSR count). The van der Waals surface area contributed by atoms with Crippen LogP contribution in [0.4, 0.5) is 0 Å². The lowest BCUT2D eigenvalue weighted by molar-refractivity contribution is -0.117. The number of benzene rings is 2. The second-order valence-electron chi connectivity index (χ2n) is 6.36. The molecule has 8 heteroatoms. The summed E-state index contributed by atoms with van der Waals surface area (Å²) in [6.45, 7) is -0.554. The van der Waals surface area contributed by atoms with Gasteiger partial charge >= 0.3 is 0 Å². The Morgan fingerprint density at radius 1 is 0.926 bits per heavy atom. The third kappa shape index (κ3) is 2.62. The lowest BCUT2D eigenvalue weighted by Crippen LogP contribution is -2.36. The molecule has 2 aromatic rings. The number of ether oxygens (including phenoxy) is 2. The highest BCUT2D eigenvalue weighted by Gasteiger charge is 2.45. The van der Waals surface area contributed by atoms with Crippen LogP contribution in [0.15, 0.2) is 36.4 Å². The van der Waals surface area contributed by atoms with Crippen LogP contribution in [0.5, 0.6) is 11.5 Å². The quantitative estimate of drug-likeness (QED) is 0.504. The largest absolute Gasteiger partial charge is 0.504 e. The van der Waals surface area contributed by atoms with Gasteiger partial charge in [-0.25, -0.2) is 0 Å². The van der Waals surface area contributed by atoms with Crippen LogP contribution in [-0.4, -0.2) is 63.2 Å². The van der Waals surface area contributed by atoms with Gasteiger partial charge in [-0.15, -0.1) is 0 Å². The molecule has 1 saturated heterocycles. The van der Waals surface area contributed by atoms with Gasteiger partial charge in [-0.05, 0) is 12.1 Å². The third-order valence-electron chi connectivity index (χ3n) is 4.76. The van der Waals surface area contributed by atoms with E-state index in [0.717, 1.165) is 0 Å². The molecule has 1 fully saturated rings. The highest BCUT2D eigenvalue weighted by molar-refractivity contribution is 6.29. The maximum atomic E-state index is 12.9. The molecule has 1 heterocycles. The molecule has 1 unspecified atom stereocenters. The summed E-state index contributed by atoms with van der Waals surface area (Å²) in [7, 11) is 0. The zero-order valence-electron chi connectivity index (χ0n) is 13.9. The second kappa shape index (κ2) is 6.43. The van der Waals surface area contributed by atoms with Crippen LogP contribution >= 0.6 is 0 Å². The fourth-order valence-corrected chi connectivity index (χ4v) is 3.34. The van der Waals surface area contributed by atoms with Gasteiger partial charge in [0.2, 0.25) is 6.29 Å². The first-order valence-electron chi connectivity index (χ1n) is 8.27. The summed E-state index contributed by atoms with van der Waals surface area (Å²) >= 11 is 0. The van der Waals surface area contributed by atoms with E-state index < -0.39 is 48.5 Å². The molecule has 140 valence electrons. The molecule has 1 aliphatic carbocycles. The summed E-state index contributed by atoms with van der Waals surface area (Å²) in [6.07, 6.45) is -5.43. The Balaban J connectivity index is 1.78. The van der Waals surface area contributed by atoms with Crippen molar-refractivity contribution in [3.63, 3.8) is 0 Å². The summed E-state index contributed by atoms with van der Waals surface area (Å²) in [5.41, 5.74) is 0.334. The number of ketones is 2. The van der Waals surface area contributed by atoms with E-state index in [1.165, 1.54) is 24.3 Å². The highest BCUT2D eigenvalue weighted by Crippen LogP contribution is 2.40. The predicted molar refractivity (Wildman–Crippen MR) is 89.8 cm³/mol. The molecule has 0 spiro atoms. The number of aromatic hydroxyl groups is 1. The van der Waals surface area contributed by atoms with Crippen LogP contribution in [0.1, 0.15) is 31.8 Å². The van der Waals surface area contributed by atoms with Gasteiger partial charge in [0.05, 0.1) is 12.2 Å². The minimum atomic E-state index is -1.51. The predicted octanol–water partition coefficient (Wildman–Crippen LogP) is -0.0146. The van der Waals surface area contributed by atoms with Crippen LogP contribution in [0, 0.1) is 0 Å². The number of phenolic OH excluding ortho intramolecular Hbond substituents is 1. The summed E-state index contributed by atoms with van der Waals surface area (Å²) in [6, 6.07) is 8.83.